The van der Waals surface area contributed by atoms with E-state index in [0.29, 0.717) is 22.5 Å². The van der Waals surface area contributed by atoms with E-state index < -0.39 is 0 Å². The van der Waals surface area contributed by atoms with Crippen molar-refractivity contribution in [1.82, 2.24) is 9.78 Å². The fraction of sp³-hybridized carbons (Fsp3) is 0.0588. The summed E-state index contributed by atoms with van der Waals surface area (Å²) in [6.45, 7) is 0.487. The van der Waals surface area contributed by atoms with Crippen LogP contribution in [0.5, 0.6) is 0 Å². The van der Waals surface area contributed by atoms with Crippen LogP contribution in [0.2, 0.25) is 5.02 Å². The van der Waals surface area contributed by atoms with Crippen molar-refractivity contribution in [3.8, 4) is 0 Å². The first kappa shape index (κ1) is 16.4. The van der Waals surface area contributed by atoms with E-state index in [1.807, 2.05) is 30.3 Å². The number of benzene rings is 2. The molecule has 0 fully saturated rings. The highest BCUT2D eigenvalue weighted by molar-refractivity contribution is 7.80. The lowest BCUT2D eigenvalue weighted by Gasteiger charge is -2.08. The second kappa shape index (κ2) is 7.42. The van der Waals surface area contributed by atoms with E-state index in [1.54, 1.807) is 23.0 Å². The van der Waals surface area contributed by atoms with Crippen LogP contribution in [0.25, 0.3) is 0 Å². The Labute approximate surface area is 149 Å². The van der Waals surface area contributed by atoms with Crippen molar-refractivity contribution < 1.29 is 4.39 Å². The fourth-order valence-corrected chi connectivity index (χ4v) is 2.54. The molecule has 0 bridgehead atoms. The SMILES string of the molecule is Fc1ccc(Cn2cc(Cl)c(NC(=S)Nc3ccccc3)n2)cc1. The molecule has 2 N–H and O–H groups in total. The summed E-state index contributed by atoms with van der Waals surface area (Å²) in [5.41, 5.74) is 1.80. The number of hydrogen-bond donors (Lipinski definition) is 2. The number of nitrogens with one attached hydrogen (secondary N) is 2. The highest BCUT2D eigenvalue weighted by Gasteiger charge is 2.09. The minimum absolute atomic E-state index is 0.267. The predicted molar refractivity (Wildman–Crippen MR) is 99.0 cm³/mol. The van der Waals surface area contributed by atoms with Gasteiger partial charge < -0.3 is 10.6 Å². The molecule has 0 atom stereocenters. The van der Waals surface area contributed by atoms with E-state index in [-0.39, 0.29) is 5.82 Å². The van der Waals surface area contributed by atoms with Gasteiger partial charge in [0.1, 0.15) is 10.8 Å². The quantitative estimate of drug-likeness (QED) is 0.671. The highest BCUT2D eigenvalue weighted by Crippen LogP contribution is 2.20. The molecule has 0 unspecified atom stereocenters. The van der Waals surface area contributed by atoms with E-state index in [1.165, 1.54) is 12.1 Å². The molecule has 0 saturated carbocycles. The number of hydrogen-bond acceptors (Lipinski definition) is 2. The molecule has 4 nitrogen and oxygen atoms in total. The molecule has 0 saturated heterocycles. The molecule has 3 rings (SSSR count). The first-order valence-corrected chi connectivity index (χ1v) is 7.99. The predicted octanol–water partition coefficient (Wildman–Crippen LogP) is 4.53. The maximum atomic E-state index is 12.9. The molecule has 2 aromatic carbocycles. The Hall–Kier alpha value is -2.44. The van der Waals surface area contributed by atoms with Gasteiger partial charge in [0.2, 0.25) is 0 Å². The number of thiocarbonyl (C=S) groups is 1. The third-order valence-electron chi connectivity index (χ3n) is 3.24. The van der Waals surface area contributed by atoms with Gasteiger partial charge in [-0.1, -0.05) is 41.9 Å². The lowest BCUT2D eigenvalue weighted by molar-refractivity contribution is 0.624. The standard InChI is InChI=1S/C17H14ClFN4S/c18-15-11-23(10-12-6-8-13(19)9-7-12)22-16(15)21-17(24)20-14-4-2-1-3-5-14/h1-9,11H,10H2,(H2,20,21,22,24). The zero-order chi connectivity index (χ0) is 16.9. The summed E-state index contributed by atoms with van der Waals surface area (Å²) in [4.78, 5) is 0. The molecule has 0 amide bonds. The summed E-state index contributed by atoms with van der Waals surface area (Å²) in [5, 5.41) is 11.2. The third kappa shape index (κ3) is 4.31. The van der Waals surface area contributed by atoms with Gasteiger partial charge in [0, 0.05) is 11.9 Å². The van der Waals surface area contributed by atoms with Gasteiger partial charge in [0.05, 0.1) is 6.54 Å². The Morgan fingerprint density at radius 1 is 1.08 bits per heavy atom. The summed E-state index contributed by atoms with van der Waals surface area (Å²) >= 11 is 11.4. The van der Waals surface area contributed by atoms with Crippen LogP contribution in [0, 0.1) is 5.82 Å². The summed E-state index contributed by atoms with van der Waals surface area (Å²) in [7, 11) is 0. The molecule has 0 aliphatic rings. The minimum Gasteiger partial charge on any atom is -0.332 e. The Morgan fingerprint density at radius 2 is 1.79 bits per heavy atom. The molecule has 0 radical (unpaired) electrons. The monoisotopic (exact) mass is 360 g/mol. The molecule has 0 spiro atoms. The molecule has 0 aliphatic carbocycles. The van der Waals surface area contributed by atoms with Crippen LogP contribution < -0.4 is 10.6 Å². The highest BCUT2D eigenvalue weighted by atomic mass is 35.5. The summed E-state index contributed by atoms with van der Waals surface area (Å²) in [6, 6.07) is 15.8. The first-order chi connectivity index (χ1) is 11.6. The minimum atomic E-state index is -0.267. The van der Waals surface area contributed by atoms with Crippen molar-refractivity contribution in [3.63, 3.8) is 0 Å². The fourth-order valence-electron chi connectivity index (χ4n) is 2.13. The second-order valence-corrected chi connectivity index (χ2v) is 5.91. The number of anilines is 2. The van der Waals surface area contributed by atoms with Crippen LogP contribution in [0.3, 0.4) is 0 Å². The van der Waals surface area contributed by atoms with Gasteiger partial charge in [-0.25, -0.2) is 4.39 Å². The van der Waals surface area contributed by atoms with Gasteiger partial charge in [-0.15, -0.1) is 0 Å². The van der Waals surface area contributed by atoms with E-state index in [0.717, 1.165) is 11.3 Å². The topological polar surface area (TPSA) is 41.9 Å². The average molecular weight is 361 g/mol. The Morgan fingerprint density at radius 3 is 2.50 bits per heavy atom. The lowest BCUT2D eigenvalue weighted by atomic mass is 10.2. The van der Waals surface area contributed by atoms with Gasteiger partial charge in [0.25, 0.3) is 0 Å². The number of nitrogens with zero attached hydrogens (tertiary/aromatic N) is 2. The molecule has 122 valence electrons. The number of aromatic nitrogens is 2. The van der Waals surface area contributed by atoms with Crippen molar-refractivity contribution in [3.05, 3.63) is 77.2 Å². The molecule has 24 heavy (non-hydrogen) atoms. The molecule has 0 aliphatic heterocycles. The zero-order valence-corrected chi connectivity index (χ0v) is 14.1. The van der Waals surface area contributed by atoms with E-state index >= 15 is 0 Å². The van der Waals surface area contributed by atoms with Crippen LogP contribution in [-0.4, -0.2) is 14.9 Å². The van der Waals surface area contributed by atoms with Crippen LogP contribution >= 0.6 is 23.8 Å². The van der Waals surface area contributed by atoms with Crippen molar-refractivity contribution >= 4 is 40.4 Å². The van der Waals surface area contributed by atoms with Crippen LogP contribution in [0.15, 0.2) is 60.8 Å². The Balaban J connectivity index is 1.65. The first-order valence-electron chi connectivity index (χ1n) is 7.20. The van der Waals surface area contributed by atoms with E-state index in [4.69, 9.17) is 23.8 Å². The van der Waals surface area contributed by atoms with Gasteiger partial charge in [-0.3, -0.25) is 4.68 Å². The number of para-hydroxylation sites is 1. The third-order valence-corrected chi connectivity index (χ3v) is 3.72. The van der Waals surface area contributed by atoms with Gasteiger partial charge in [-0.2, -0.15) is 5.10 Å². The molecule has 1 heterocycles. The molecule has 1 aromatic heterocycles. The van der Waals surface area contributed by atoms with Gasteiger partial charge in [0.15, 0.2) is 10.9 Å². The van der Waals surface area contributed by atoms with Crippen LogP contribution in [0.1, 0.15) is 5.56 Å². The smallest absolute Gasteiger partial charge is 0.176 e. The Bertz CT molecular complexity index is 834. The van der Waals surface area contributed by atoms with Crippen molar-refractivity contribution in [2.45, 2.75) is 6.54 Å². The van der Waals surface area contributed by atoms with E-state index in [9.17, 15) is 4.39 Å². The van der Waals surface area contributed by atoms with Gasteiger partial charge in [-0.05, 0) is 42.0 Å². The zero-order valence-electron chi connectivity index (χ0n) is 12.5. The van der Waals surface area contributed by atoms with Gasteiger partial charge >= 0.3 is 0 Å². The van der Waals surface area contributed by atoms with Crippen LogP contribution in [0.4, 0.5) is 15.9 Å². The maximum absolute atomic E-state index is 12.9. The average Bonchev–Trinajstić information content (AvgIpc) is 2.90. The normalized spacial score (nSPS) is 10.4. The molecule has 7 heteroatoms. The largest absolute Gasteiger partial charge is 0.332 e. The Kier molecular flexibility index (Phi) is 5.08. The van der Waals surface area contributed by atoms with Crippen molar-refractivity contribution in [2.24, 2.45) is 0 Å². The van der Waals surface area contributed by atoms with E-state index in [2.05, 4.69) is 15.7 Å². The number of halogens is 2. The molecule has 3 aromatic rings. The lowest BCUT2D eigenvalue weighted by Crippen LogP contribution is -2.19. The maximum Gasteiger partial charge on any atom is 0.176 e. The van der Waals surface area contributed by atoms with Crippen molar-refractivity contribution in [2.75, 3.05) is 10.6 Å². The summed E-state index contributed by atoms with van der Waals surface area (Å²) < 4.78 is 14.6. The molecular weight excluding hydrogens is 347 g/mol. The summed E-state index contributed by atoms with van der Waals surface area (Å²) in [6.07, 6.45) is 1.69. The number of rotatable bonds is 4. The summed E-state index contributed by atoms with van der Waals surface area (Å²) in [5.74, 6) is 0.198. The molecular formula is C17H14ClFN4S. The van der Waals surface area contributed by atoms with Crippen LogP contribution in [-0.2, 0) is 6.54 Å². The van der Waals surface area contributed by atoms with Crippen molar-refractivity contribution in [1.29, 1.82) is 0 Å². The second-order valence-electron chi connectivity index (χ2n) is 5.09.